The molecule has 2 nitrogen and oxygen atoms in total. The molecule has 2 bridgehead atoms. The lowest BCUT2D eigenvalue weighted by Gasteiger charge is -2.51. The summed E-state index contributed by atoms with van der Waals surface area (Å²) in [6, 6.07) is 1.24. The molecule has 2 heteroatoms. The second kappa shape index (κ2) is 2.06. The Morgan fingerprint density at radius 1 is 1.50 bits per heavy atom. The number of hydrogen-bond acceptors (Lipinski definition) is 2. The van der Waals surface area contributed by atoms with Crippen molar-refractivity contribution in [2.45, 2.75) is 38.3 Å². The van der Waals surface area contributed by atoms with Gasteiger partial charge in [0, 0.05) is 24.9 Å². The summed E-state index contributed by atoms with van der Waals surface area (Å²) in [6.45, 7) is 3.30. The summed E-state index contributed by atoms with van der Waals surface area (Å²) in [5.41, 5.74) is 0. The van der Waals surface area contributed by atoms with E-state index in [0.717, 1.165) is 19.4 Å². The normalized spacial score (nSPS) is 39.5. The molecule has 2 aliphatic heterocycles. The van der Waals surface area contributed by atoms with Gasteiger partial charge in [-0.3, -0.25) is 9.69 Å². The quantitative estimate of drug-likeness (QED) is 0.536. The Morgan fingerprint density at radius 3 is 2.60 bits per heavy atom. The van der Waals surface area contributed by atoms with Gasteiger partial charge in [0.05, 0.1) is 0 Å². The van der Waals surface area contributed by atoms with Crippen molar-refractivity contribution in [3.63, 3.8) is 0 Å². The summed E-state index contributed by atoms with van der Waals surface area (Å²) in [4.78, 5) is 13.4. The largest absolute Gasteiger partial charge is 0.300 e. The lowest BCUT2D eigenvalue weighted by atomic mass is 9.79. The van der Waals surface area contributed by atoms with Crippen LogP contribution in [0.2, 0.25) is 0 Å². The van der Waals surface area contributed by atoms with E-state index in [-0.39, 0.29) is 0 Å². The molecule has 0 aromatic heterocycles. The molecule has 1 saturated carbocycles. The zero-order chi connectivity index (χ0) is 7.14. The standard InChI is InChI=1S/C8H13NO/c1-2-9-6-3-7(9)5-8(10)4-6/h6-7H,2-5H2,1H3. The summed E-state index contributed by atoms with van der Waals surface area (Å²) < 4.78 is 0. The van der Waals surface area contributed by atoms with Gasteiger partial charge in [-0.1, -0.05) is 6.92 Å². The van der Waals surface area contributed by atoms with E-state index in [0.29, 0.717) is 17.9 Å². The number of Topliss-reactive ketones (excluding diaryl/α,β-unsaturated/α-hetero) is 1. The molecule has 2 unspecified atom stereocenters. The maximum Gasteiger partial charge on any atom is 0.136 e. The van der Waals surface area contributed by atoms with Crippen molar-refractivity contribution < 1.29 is 4.79 Å². The number of piperidine rings is 1. The highest BCUT2D eigenvalue weighted by Gasteiger charge is 2.43. The van der Waals surface area contributed by atoms with Crippen molar-refractivity contribution in [1.29, 1.82) is 0 Å². The minimum Gasteiger partial charge on any atom is -0.300 e. The van der Waals surface area contributed by atoms with E-state index in [1.54, 1.807) is 0 Å². The number of carbonyl (C=O) groups excluding carboxylic acids is 1. The average Bonchev–Trinajstić information content (AvgIpc) is 1.87. The van der Waals surface area contributed by atoms with Gasteiger partial charge in [0.15, 0.2) is 0 Å². The van der Waals surface area contributed by atoms with Crippen LogP contribution in [0.3, 0.4) is 0 Å². The third kappa shape index (κ3) is 0.717. The number of carbonyl (C=O) groups is 1. The van der Waals surface area contributed by atoms with Gasteiger partial charge in [-0.05, 0) is 13.0 Å². The monoisotopic (exact) mass is 139 g/mol. The van der Waals surface area contributed by atoms with Crippen molar-refractivity contribution in [3.8, 4) is 0 Å². The van der Waals surface area contributed by atoms with Gasteiger partial charge < -0.3 is 0 Å². The van der Waals surface area contributed by atoms with Gasteiger partial charge in [-0.2, -0.15) is 0 Å². The van der Waals surface area contributed by atoms with Crippen LogP contribution in [0.15, 0.2) is 0 Å². The lowest BCUT2D eigenvalue weighted by Crippen LogP contribution is -2.60. The van der Waals surface area contributed by atoms with Crippen LogP contribution in [-0.2, 0) is 4.79 Å². The van der Waals surface area contributed by atoms with Gasteiger partial charge in [0.2, 0.25) is 0 Å². The van der Waals surface area contributed by atoms with Crippen molar-refractivity contribution in [2.75, 3.05) is 6.54 Å². The predicted octanol–water partition coefficient (Wildman–Crippen LogP) is 0.812. The first-order valence-electron chi connectivity index (χ1n) is 4.08. The topological polar surface area (TPSA) is 20.3 Å². The lowest BCUT2D eigenvalue weighted by molar-refractivity contribution is -0.133. The average molecular weight is 139 g/mol. The van der Waals surface area contributed by atoms with Gasteiger partial charge >= 0.3 is 0 Å². The summed E-state index contributed by atoms with van der Waals surface area (Å²) in [6.07, 6.45) is 2.92. The molecule has 0 spiro atoms. The molecule has 3 aliphatic rings. The number of fused-ring (bicyclic) bond motifs is 2. The zero-order valence-electron chi connectivity index (χ0n) is 6.34. The maximum atomic E-state index is 10.9. The molecule has 1 aliphatic carbocycles. The Kier molecular flexibility index (Phi) is 1.31. The van der Waals surface area contributed by atoms with E-state index < -0.39 is 0 Å². The van der Waals surface area contributed by atoms with Crippen LogP contribution in [0.25, 0.3) is 0 Å². The van der Waals surface area contributed by atoms with E-state index >= 15 is 0 Å². The summed E-state index contributed by atoms with van der Waals surface area (Å²) in [5, 5.41) is 0. The molecule has 0 radical (unpaired) electrons. The molecule has 3 rings (SSSR count). The number of rotatable bonds is 1. The van der Waals surface area contributed by atoms with Gasteiger partial charge in [-0.15, -0.1) is 0 Å². The highest BCUT2D eigenvalue weighted by molar-refractivity contribution is 5.81. The molecule has 3 fully saturated rings. The minimum atomic E-state index is 0.478. The first-order chi connectivity index (χ1) is 4.81. The Hall–Kier alpha value is -0.370. The van der Waals surface area contributed by atoms with Crippen molar-refractivity contribution in [1.82, 2.24) is 4.90 Å². The van der Waals surface area contributed by atoms with E-state index in [9.17, 15) is 4.79 Å². The summed E-state index contributed by atoms with van der Waals surface area (Å²) in [7, 11) is 0. The van der Waals surface area contributed by atoms with Crippen LogP contribution < -0.4 is 0 Å². The SMILES string of the molecule is CCN1C2CC(=O)CC1C2. The molecule has 2 saturated heterocycles. The smallest absolute Gasteiger partial charge is 0.136 e. The first-order valence-corrected chi connectivity index (χ1v) is 4.08. The second-order valence-electron chi connectivity index (χ2n) is 3.32. The molecule has 0 amide bonds. The van der Waals surface area contributed by atoms with E-state index in [1.165, 1.54) is 6.42 Å². The van der Waals surface area contributed by atoms with Gasteiger partial charge in [0.1, 0.15) is 5.78 Å². The zero-order valence-corrected chi connectivity index (χ0v) is 6.34. The Morgan fingerprint density at radius 2 is 2.10 bits per heavy atom. The third-order valence-corrected chi connectivity index (χ3v) is 2.77. The van der Waals surface area contributed by atoms with Crippen molar-refractivity contribution in [3.05, 3.63) is 0 Å². The Balaban J connectivity index is 2.02. The molecular formula is C8H13NO. The van der Waals surface area contributed by atoms with Crippen LogP contribution in [0.5, 0.6) is 0 Å². The molecular weight excluding hydrogens is 126 g/mol. The van der Waals surface area contributed by atoms with E-state index in [2.05, 4.69) is 11.8 Å². The summed E-state index contributed by atoms with van der Waals surface area (Å²) in [5.74, 6) is 0.478. The fraction of sp³-hybridized carbons (Fsp3) is 0.875. The van der Waals surface area contributed by atoms with Crippen LogP contribution in [0.1, 0.15) is 26.2 Å². The highest BCUT2D eigenvalue weighted by atomic mass is 16.1. The van der Waals surface area contributed by atoms with Crippen LogP contribution in [0, 0.1) is 0 Å². The first kappa shape index (κ1) is 6.35. The van der Waals surface area contributed by atoms with E-state index in [1.807, 2.05) is 0 Å². The van der Waals surface area contributed by atoms with Crippen LogP contribution in [0.4, 0.5) is 0 Å². The Labute approximate surface area is 61.2 Å². The molecule has 56 valence electrons. The summed E-state index contributed by atoms with van der Waals surface area (Å²) >= 11 is 0. The van der Waals surface area contributed by atoms with Gasteiger partial charge in [-0.25, -0.2) is 0 Å². The number of hydrogen-bond donors (Lipinski definition) is 0. The number of ketones is 1. The minimum absolute atomic E-state index is 0.478. The molecule has 0 aromatic rings. The van der Waals surface area contributed by atoms with Crippen molar-refractivity contribution in [2.24, 2.45) is 0 Å². The molecule has 10 heavy (non-hydrogen) atoms. The number of nitrogens with zero attached hydrogens (tertiary/aromatic N) is 1. The Bertz CT molecular complexity index is 153. The molecule has 0 N–H and O–H groups in total. The van der Waals surface area contributed by atoms with E-state index in [4.69, 9.17) is 0 Å². The third-order valence-electron chi connectivity index (χ3n) is 2.77. The van der Waals surface area contributed by atoms with Crippen LogP contribution >= 0.6 is 0 Å². The van der Waals surface area contributed by atoms with Crippen molar-refractivity contribution >= 4 is 5.78 Å². The fourth-order valence-electron chi connectivity index (χ4n) is 2.27. The molecule has 2 heterocycles. The maximum absolute atomic E-state index is 10.9. The van der Waals surface area contributed by atoms with Crippen LogP contribution in [-0.4, -0.2) is 29.3 Å². The predicted molar refractivity (Wildman–Crippen MR) is 38.8 cm³/mol. The second-order valence-corrected chi connectivity index (χ2v) is 3.32. The van der Waals surface area contributed by atoms with Gasteiger partial charge in [0.25, 0.3) is 0 Å². The molecule has 0 aromatic carbocycles. The fourth-order valence-corrected chi connectivity index (χ4v) is 2.27. The highest BCUT2D eigenvalue weighted by Crippen LogP contribution is 2.35. The molecule has 2 atom stereocenters.